The van der Waals surface area contributed by atoms with Crippen LogP contribution in [0.3, 0.4) is 0 Å². The number of carbonyl (C=O) groups is 2. The molecule has 7 nitrogen and oxygen atoms in total. The van der Waals surface area contributed by atoms with Crippen LogP contribution in [0.5, 0.6) is 5.75 Å². The molecule has 0 radical (unpaired) electrons. The highest BCUT2D eigenvalue weighted by Gasteiger charge is 2.14. The van der Waals surface area contributed by atoms with Gasteiger partial charge in [0.25, 0.3) is 5.91 Å². The molecule has 0 saturated heterocycles. The summed E-state index contributed by atoms with van der Waals surface area (Å²) in [5.74, 6) is -1.00. The molecule has 132 valence electrons. The topological polar surface area (TPSA) is 106 Å². The number of amides is 1. The summed E-state index contributed by atoms with van der Waals surface area (Å²) in [7, 11) is 0. The lowest BCUT2D eigenvalue weighted by Gasteiger charge is -2.07. The number of carboxylic acids is 1. The van der Waals surface area contributed by atoms with Crippen LogP contribution in [0.2, 0.25) is 0 Å². The lowest BCUT2D eigenvalue weighted by atomic mass is 10.1. The molecule has 2 rings (SSSR count). The maximum absolute atomic E-state index is 12.0. The third kappa shape index (κ3) is 5.20. The molecule has 2 N–H and O–H groups in total. The summed E-state index contributed by atoms with van der Waals surface area (Å²) < 4.78 is 10.7. The molecule has 0 saturated carbocycles. The van der Waals surface area contributed by atoms with E-state index in [4.69, 9.17) is 14.3 Å². The van der Waals surface area contributed by atoms with Gasteiger partial charge in [0.2, 0.25) is 0 Å². The standard InChI is InChI=1S/C18H19NO6/c1-11(2)10-24-13-6-5-12-8-14(18(23)25-15(12)9-13)17(22)19-7-3-4-16(20)21/h5-6,8-9H,1,3-4,7,10H2,2H3,(H,19,22)(H,20,21). The predicted octanol–water partition coefficient (Wildman–Crippen LogP) is 2.34. The van der Waals surface area contributed by atoms with E-state index in [0.717, 1.165) is 5.57 Å². The number of carbonyl (C=O) groups excluding carboxylic acids is 1. The Labute approximate surface area is 143 Å². The molecular formula is C18H19NO6. The highest BCUT2D eigenvalue weighted by atomic mass is 16.5. The zero-order chi connectivity index (χ0) is 18.4. The first-order valence-electron chi connectivity index (χ1n) is 7.72. The number of hydrogen-bond donors (Lipinski definition) is 2. The molecule has 7 heteroatoms. The molecule has 0 aliphatic heterocycles. The Morgan fingerprint density at radius 3 is 2.76 bits per heavy atom. The molecule has 0 aliphatic rings. The summed E-state index contributed by atoms with van der Waals surface area (Å²) in [5, 5.41) is 11.6. The van der Waals surface area contributed by atoms with Gasteiger partial charge in [-0.25, -0.2) is 4.79 Å². The number of benzene rings is 1. The smallest absolute Gasteiger partial charge is 0.349 e. The Bertz CT molecular complexity index is 867. The van der Waals surface area contributed by atoms with Gasteiger partial charge in [0, 0.05) is 24.4 Å². The summed E-state index contributed by atoms with van der Waals surface area (Å²) >= 11 is 0. The lowest BCUT2D eigenvalue weighted by Crippen LogP contribution is -2.29. The van der Waals surface area contributed by atoms with Crippen molar-refractivity contribution in [1.29, 1.82) is 0 Å². The van der Waals surface area contributed by atoms with Crippen LogP contribution in [0.25, 0.3) is 11.0 Å². The number of hydrogen-bond acceptors (Lipinski definition) is 5. The van der Waals surface area contributed by atoms with E-state index in [1.54, 1.807) is 18.2 Å². The second-order valence-electron chi connectivity index (χ2n) is 5.65. The summed E-state index contributed by atoms with van der Waals surface area (Å²) in [4.78, 5) is 34.5. The third-order valence-corrected chi connectivity index (χ3v) is 3.29. The van der Waals surface area contributed by atoms with E-state index >= 15 is 0 Å². The Balaban J connectivity index is 2.14. The molecule has 0 fully saturated rings. The van der Waals surface area contributed by atoms with Crippen LogP contribution in [0.4, 0.5) is 0 Å². The van der Waals surface area contributed by atoms with Crippen LogP contribution >= 0.6 is 0 Å². The molecule has 1 aromatic heterocycles. The minimum Gasteiger partial charge on any atom is -0.489 e. The molecule has 1 amide bonds. The first-order chi connectivity index (χ1) is 11.9. The van der Waals surface area contributed by atoms with Gasteiger partial charge in [0.15, 0.2) is 0 Å². The first-order valence-corrected chi connectivity index (χ1v) is 7.72. The van der Waals surface area contributed by atoms with E-state index in [9.17, 15) is 14.4 Å². The third-order valence-electron chi connectivity index (χ3n) is 3.29. The van der Waals surface area contributed by atoms with Gasteiger partial charge in [0.1, 0.15) is 23.5 Å². The van der Waals surface area contributed by atoms with Crippen molar-refractivity contribution in [2.24, 2.45) is 0 Å². The normalized spacial score (nSPS) is 10.4. The lowest BCUT2D eigenvalue weighted by molar-refractivity contribution is -0.137. The highest BCUT2D eigenvalue weighted by molar-refractivity contribution is 5.96. The summed E-state index contributed by atoms with van der Waals surface area (Å²) in [6.45, 7) is 6.09. The van der Waals surface area contributed by atoms with Crippen LogP contribution < -0.4 is 15.7 Å². The van der Waals surface area contributed by atoms with Crippen molar-refractivity contribution in [3.05, 3.63) is 52.4 Å². The van der Waals surface area contributed by atoms with Gasteiger partial charge in [-0.1, -0.05) is 6.58 Å². The largest absolute Gasteiger partial charge is 0.489 e. The second kappa shape index (κ2) is 8.14. The van der Waals surface area contributed by atoms with E-state index < -0.39 is 17.5 Å². The molecule has 0 unspecified atom stereocenters. The van der Waals surface area contributed by atoms with Gasteiger partial charge in [-0.05, 0) is 37.1 Å². The Morgan fingerprint density at radius 2 is 2.08 bits per heavy atom. The first kappa shape index (κ1) is 18.3. The molecule has 1 aromatic carbocycles. The van der Waals surface area contributed by atoms with Crippen molar-refractivity contribution in [3.63, 3.8) is 0 Å². The van der Waals surface area contributed by atoms with E-state index in [1.807, 2.05) is 6.92 Å². The van der Waals surface area contributed by atoms with Crippen molar-refractivity contribution < 1.29 is 23.8 Å². The minimum absolute atomic E-state index is 0.0560. The predicted molar refractivity (Wildman–Crippen MR) is 92.0 cm³/mol. The van der Waals surface area contributed by atoms with Gasteiger partial charge < -0.3 is 19.6 Å². The Hall–Kier alpha value is -3.09. The van der Waals surface area contributed by atoms with Crippen molar-refractivity contribution in [1.82, 2.24) is 5.32 Å². The molecule has 0 bridgehead atoms. The zero-order valence-corrected chi connectivity index (χ0v) is 13.8. The fourth-order valence-corrected chi connectivity index (χ4v) is 2.08. The fraction of sp³-hybridized carbons (Fsp3) is 0.278. The minimum atomic E-state index is -0.941. The number of fused-ring (bicyclic) bond motifs is 1. The molecular weight excluding hydrogens is 326 g/mol. The van der Waals surface area contributed by atoms with Crippen molar-refractivity contribution in [2.75, 3.05) is 13.2 Å². The van der Waals surface area contributed by atoms with Crippen LogP contribution in [0.15, 0.2) is 45.6 Å². The van der Waals surface area contributed by atoms with Gasteiger partial charge in [-0.15, -0.1) is 0 Å². The van der Waals surface area contributed by atoms with Gasteiger partial charge in [0.05, 0.1) is 0 Å². The SMILES string of the molecule is C=C(C)COc1ccc2cc(C(=O)NCCCC(=O)O)c(=O)oc2c1. The maximum Gasteiger partial charge on any atom is 0.349 e. The highest BCUT2D eigenvalue weighted by Crippen LogP contribution is 2.21. The maximum atomic E-state index is 12.0. The van der Waals surface area contributed by atoms with Crippen molar-refractivity contribution >= 4 is 22.8 Å². The second-order valence-corrected chi connectivity index (χ2v) is 5.65. The van der Waals surface area contributed by atoms with Gasteiger partial charge in [-0.2, -0.15) is 0 Å². The molecule has 0 atom stereocenters. The van der Waals surface area contributed by atoms with E-state index in [-0.39, 0.29) is 24.9 Å². The Kier molecular flexibility index (Phi) is 5.94. The van der Waals surface area contributed by atoms with Gasteiger partial charge >= 0.3 is 11.6 Å². The quantitative estimate of drug-likeness (QED) is 0.432. The number of nitrogens with one attached hydrogen (secondary N) is 1. The monoisotopic (exact) mass is 345 g/mol. The number of carboxylic acid groups (broad SMARTS) is 1. The Morgan fingerprint density at radius 1 is 1.32 bits per heavy atom. The molecule has 2 aromatic rings. The van der Waals surface area contributed by atoms with Crippen LogP contribution in [-0.2, 0) is 4.79 Å². The number of aliphatic carboxylic acids is 1. The molecule has 25 heavy (non-hydrogen) atoms. The average Bonchev–Trinajstić information content (AvgIpc) is 2.55. The number of rotatable bonds is 8. The average molecular weight is 345 g/mol. The summed E-state index contributed by atoms with van der Waals surface area (Å²) in [6, 6.07) is 6.41. The fourth-order valence-electron chi connectivity index (χ4n) is 2.08. The number of ether oxygens (including phenoxy) is 1. The van der Waals surface area contributed by atoms with Crippen LogP contribution in [0, 0.1) is 0 Å². The molecule has 0 aliphatic carbocycles. The van der Waals surface area contributed by atoms with E-state index in [0.29, 0.717) is 23.3 Å². The zero-order valence-electron chi connectivity index (χ0n) is 13.8. The van der Waals surface area contributed by atoms with Gasteiger partial charge in [-0.3, -0.25) is 9.59 Å². The summed E-state index contributed by atoms with van der Waals surface area (Å²) in [6.07, 6.45) is 0.225. The van der Waals surface area contributed by atoms with Crippen molar-refractivity contribution in [2.45, 2.75) is 19.8 Å². The van der Waals surface area contributed by atoms with Crippen LogP contribution in [-0.4, -0.2) is 30.1 Å². The molecule has 1 heterocycles. The van der Waals surface area contributed by atoms with E-state index in [2.05, 4.69) is 11.9 Å². The molecule has 0 spiro atoms. The van der Waals surface area contributed by atoms with E-state index in [1.165, 1.54) is 6.07 Å². The van der Waals surface area contributed by atoms with Crippen LogP contribution in [0.1, 0.15) is 30.1 Å². The summed E-state index contributed by atoms with van der Waals surface area (Å²) in [5.41, 5.74) is 0.279. The van der Waals surface area contributed by atoms with Crippen molar-refractivity contribution in [3.8, 4) is 5.75 Å².